The summed E-state index contributed by atoms with van der Waals surface area (Å²) < 4.78 is 56.2. The van der Waals surface area contributed by atoms with Crippen molar-refractivity contribution in [2.24, 2.45) is 5.84 Å². The van der Waals surface area contributed by atoms with Gasteiger partial charge in [0.1, 0.15) is 23.3 Å². The zero-order valence-corrected chi connectivity index (χ0v) is 12.4. The lowest BCUT2D eigenvalue weighted by Gasteiger charge is -2.20. The van der Waals surface area contributed by atoms with Crippen LogP contribution < -0.4 is 11.3 Å². The van der Waals surface area contributed by atoms with Crippen molar-refractivity contribution in [2.45, 2.75) is 13.0 Å². The first-order chi connectivity index (χ1) is 9.86. The molecular formula is C14H11BrF4N2. The van der Waals surface area contributed by atoms with Crippen LogP contribution in [-0.4, -0.2) is 0 Å². The number of aryl methyl sites for hydroxylation is 1. The number of halogens is 5. The number of hydrazine groups is 1. The van der Waals surface area contributed by atoms with E-state index in [2.05, 4.69) is 21.4 Å². The molecule has 0 bridgehead atoms. The van der Waals surface area contributed by atoms with Gasteiger partial charge in [0.2, 0.25) is 0 Å². The Kier molecular flexibility index (Phi) is 4.65. The van der Waals surface area contributed by atoms with E-state index in [4.69, 9.17) is 5.84 Å². The van der Waals surface area contributed by atoms with Gasteiger partial charge in [0.15, 0.2) is 0 Å². The molecule has 0 fully saturated rings. The molecule has 2 aromatic rings. The van der Waals surface area contributed by atoms with Gasteiger partial charge < -0.3 is 0 Å². The van der Waals surface area contributed by atoms with Crippen LogP contribution in [0.25, 0.3) is 0 Å². The molecule has 1 atom stereocenters. The molecule has 0 saturated carbocycles. The number of hydrogen-bond donors (Lipinski definition) is 2. The molecule has 2 rings (SSSR count). The van der Waals surface area contributed by atoms with Crippen molar-refractivity contribution in [1.29, 1.82) is 0 Å². The number of rotatable bonds is 3. The molecule has 0 radical (unpaired) electrons. The Bertz CT molecular complexity index is 668. The summed E-state index contributed by atoms with van der Waals surface area (Å²) in [4.78, 5) is 0. The summed E-state index contributed by atoms with van der Waals surface area (Å²) in [5, 5.41) is 0. The zero-order valence-electron chi connectivity index (χ0n) is 10.9. The lowest BCUT2D eigenvalue weighted by atomic mass is 9.95. The number of hydrogen-bond acceptors (Lipinski definition) is 2. The molecule has 2 aromatic carbocycles. The van der Waals surface area contributed by atoms with E-state index >= 15 is 0 Å². The van der Waals surface area contributed by atoms with Crippen LogP contribution in [0.1, 0.15) is 22.7 Å². The van der Waals surface area contributed by atoms with Crippen LogP contribution in [-0.2, 0) is 0 Å². The molecule has 0 saturated heterocycles. The first-order valence-corrected chi connectivity index (χ1v) is 6.71. The first-order valence-electron chi connectivity index (χ1n) is 5.91. The van der Waals surface area contributed by atoms with Gasteiger partial charge >= 0.3 is 0 Å². The smallest absolute Gasteiger partial charge is 0.134 e. The quantitative estimate of drug-likeness (QED) is 0.494. The number of benzene rings is 2. The molecule has 0 spiro atoms. The summed E-state index contributed by atoms with van der Waals surface area (Å²) in [6.45, 7) is 1.42. The summed E-state index contributed by atoms with van der Waals surface area (Å²) >= 11 is 2.94. The molecule has 0 aliphatic heterocycles. The van der Waals surface area contributed by atoms with E-state index in [0.29, 0.717) is 0 Å². The maximum absolute atomic E-state index is 14.1. The minimum absolute atomic E-state index is 0.143. The third-order valence-corrected chi connectivity index (χ3v) is 3.57. The van der Waals surface area contributed by atoms with Crippen LogP contribution in [0.15, 0.2) is 28.7 Å². The molecule has 0 aliphatic carbocycles. The Morgan fingerprint density at radius 1 is 1.00 bits per heavy atom. The van der Waals surface area contributed by atoms with Crippen molar-refractivity contribution < 1.29 is 17.6 Å². The summed E-state index contributed by atoms with van der Waals surface area (Å²) in [6.07, 6.45) is 0. The molecule has 3 N–H and O–H groups in total. The molecule has 1 unspecified atom stereocenters. The zero-order chi connectivity index (χ0) is 15.7. The third-order valence-electron chi connectivity index (χ3n) is 3.11. The van der Waals surface area contributed by atoms with E-state index in [1.54, 1.807) is 0 Å². The topological polar surface area (TPSA) is 38.0 Å². The van der Waals surface area contributed by atoms with E-state index in [0.717, 1.165) is 18.2 Å². The van der Waals surface area contributed by atoms with E-state index in [1.165, 1.54) is 13.0 Å². The van der Waals surface area contributed by atoms with Gasteiger partial charge in [0.25, 0.3) is 0 Å². The second-order valence-corrected chi connectivity index (χ2v) is 5.39. The minimum Gasteiger partial charge on any atom is -0.271 e. The van der Waals surface area contributed by atoms with Crippen LogP contribution in [0.3, 0.4) is 0 Å². The predicted octanol–water partition coefficient (Wildman–Crippen LogP) is 3.87. The van der Waals surface area contributed by atoms with Crippen LogP contribution in [0.4, 0.5) is 17.6 Å². The average molecular weight is 363 g/mol. The van der Waals surface area contributed by atoms with E-state index in [1.807, 2.05) is 0 Å². The largest absolute Gasteiger partial charge is 0.271 e. The van der Waals surface area contributed by atoms with Crippen molar-refractivity contribution in [3.8, 4) is 0 Å². The van der Waals surface area contributed by atoms with E-state index in [-0.39, 0.29) is 10.0 Å². The summed E-state index contributed by atoms with van der Waals surface area (Å²) in [5.41, 5.74) is 1.13. The summed E-state index contributed by atoms with van der Waals surface area (Å²) in [7, 11) is 0. The fourth-order valence-electron chi connectivity index (χ4n) is 2.08. The van der Waals surface area contributed by atoms with E-state index in [9.17, 15) is 17.6 Å². The molecule has 0 heterocycles. The highest BCUT2D eigenvalue weighted by Gasteiger charge is 2.27. The normalized spacial score (nSPS) is 12.5. The summed E-state index contributed by atoms with van der Waals surface area (Å²) in [6, 6.07) is 2.75. The lowest BCUT2D eigenvalue weighted by molar-refractivity contribution is 0.470. The Morgan fingerprint density at radius 2 is 1.57 bits per heavy atom. The van der Waals surface area contributed by atoms with Gasteiger partial charge in [0, 0.05) is 15.6 Å². The lowest BCUT2D eigenvalue weighted by Crippen LogP contribution is -2.32. The minimum atomic E-state index is -1.49. The average Bonchev–Trinajstić information content (AvgIpc) is 2.40. The van der Waals surface area contributed by atoms with Crippen molar-refractivity contribution in [3.05, 3.63) is 68.7 Å². The van der Waals surface area contributed by atoms with Crippen molar-refractivity contribution in [3.63, 3.8) is 0 Å². The Labute approximate surface area is 127 Å². The molecule has 0 aromatic heterocycles. The van der Waals surface area contributed by atoms with Crippen molar-refractivity contribution in [1.82, 2.24) is 5.43 Å². The Balaban J connectivity index is 2.69. The van der Waals surface area contributed by atoms with E-state index < -0.39 is 40.4 Å². The fraction of sp³-hybridized carbons (Fsp3) is 0.143. The van der Waals surface area contributed by atoms with Gasteiger partial charge in [-0.05, 0) is 30.7 Å². The van der Waals surface area contributed by atoms with Gasteiger partial charge in [-0.3, -0.25) is 5.84 Å². The van der Waals surface area contributed by atoms with Gasteiger partial charge in [-0.1, -0.05) is 22.0 Å². The second-order valence-electron chi connectivity index (χ2n) is 4.47. The van der Waals surface area contributed by atoms with Gasteiger partial charge in [0.05, 0.1) is 6.04 Å². The van der Waals surface area contributed by atoms with Crippen LogP contribution >= 0.6 is 15.9 Å². The maximum Gasteiger partial charge on any atom is 0.134 e. The van der Waals surface area contributed by atoms with Gasteiger partial charge in [-0.25, -0.2) is 23.0 Å². The van der Waals surface area contributed by atoms with Gasteiger partial charge in [-0.2, -0.15) is 0 Å². The summed E-state index contributed by atoms with van der Waals surface area (Å²) in [5.74, 6) is 1.49. The molecule has 21 heavy (non-hydrogen) atoms. The molecule has 0 amide bonds. The standard InChI is InChI=1S/C14H11BrF4N2/c1-6-2-3-8(16)12(13(6)19)14(21-20)11-9(17)4-7(15)5-10(11)18/h2-5,14,21H,20H2,1H3. The van der Waals surface area contributed by atoms with Crippen LogP contribution in [0.5, 0.6) is 0 Å². The van der Waals surface area contributed by atoms with Crippen LogP contribution in [0, 0.1) is 30.2 Å². The first kappa shape index (κ1) is 15.9. The highest BCUT2D eigenvalue weighted by Crippen LogP contribution is 2.32. The number of nitrogens with one attached hydrogen (secondary N) is 1. The molecular weight excluding hydrogens is 352 g/mol. The van der Waals surface area contributed by atoms with Crippen LogP contribution in [0.2, 0.25) is 0 Å². The highest BCUT2D eigenvalue weighted by atomic mass is 79.9. The Hall–Kier alpha value is -1.44. The Morgan fingerprint density at radius 3 is 2.10 bits per heavy atom. The molecule has 0 aliphatic rings. The van der Waals surface area contributed by atoms with Crippen molar-refractivity contribution >= 4 is 15.9 Å². The highest BCUT2D eigenvalue weighted by molar-refractivity contribution is 9.10. The maximum atomic E-state index is 14.1. The van der Waals surface area contributed by atoms with Crippen molar-refractivity contribution in [2.75, 3.05) is 0 Å². The predicted molar refractivity (Wildman–Crippen MR) is 74.3 cm³/mol. The second kappa shape index (κ2) is 6.13. The monoisotopic (exact) mass is 362 g/mol. The third kappa shape index (κ3) is 2.95. The molecule has 7 heteroatoms. The number of nitrogens with two attached hydrogens (primary N) is 1. The van der Waals surface area contributed by atoms with Gasteiger partial charge in [-0.15, -0.1) is 0 Å². The molecule has 112 valence electrons. The molecule has 2 nitrogen and oxygen atoms in total. The fourth-order valence-corrected chi connectivity index (χ4v) is 2.49. The SMILES string of the molecule is Cc1ccc(F)c(C(NN)c2c(F)cc(Br)cc2F)c1F.